The van der Waals surface area contributed by atoms with Crippen LogP contribution < -0.4 is 10.5 Å². The van der Waals surface area contributed by atoms with Gasteiger partial charge in [-0.05, 0) is 24.6 Å². The zero-order chi connectivity index (χ0) is 13.1. The molecule has 0 bridgehead atoms. The highest BCUT2D eigenvalue weighted by Crippen LogP contribution is 2.14. The fraction of sp³-hybridized carbons (Fsp3) is 0.400. The Balaban J connectivity index is 2.85. The largest absolute Gasteiger partial charge is 0.324 e. The second-order valence-corrected chi connectivity index (χ2v) is 5.37. The highest BCUT2D eigenvalue weighted by atomic mass is 32.2. The van der Waals surface area contributed by atoms with E-state index in [1.807, 2.05) is 4.72 Å². The second-order valence-electron chi connectivity index (χ2n) is 3.60. The molecule has 7 heteroatoms. The first kappa shape index (κ1) is 14.0. The van der Waals surface area contributed by atoms with Gasteiger partial charge >= 0.3 is 0 Å². The number of benzene rings is 1. The molecule has 1 aromatic carbocycles. The lowest BCUT2D eigenvalue weighted by Crippen LogP contribution is -2.28. The van der Waals surface area contributed by atoms with Gasteiger partial charge in [-0.2, -0.15) is 0 Å². The molecule has 0 aromatic heterocycles. The fourth-order valence-electron chi connectivity index (χ4n) is 1.21. The molecule has 0 spiro atoms. The molecule has 0 aliphatic rings. The third kappa shape index (κ3) is 4.03. The van der Waals surface area contributed by atoms with Gasteiger partial charge in [0.05, 0.1) is 11.4 Å². The van der Waals surface area contributed by atoms with E-state index in [-0.39, 0.29) is 10.9 Å². The van der Waals surface area contributed by atoms with Crippen LogP contribution in [0.5, 0.6) is 0 Å². The summed E-state index contributed by atoms with van der Waals surface area (Å²) in [5.41, 5.74) is 6.38. The number of sulfonamides is 1. The average Bonchev–Trinajstić information content (AvgIpc) is 2.27. The van der Waals surface area contributed by atoms with Crippen molar-refractivity contribution in [3.8, 4) is 0 Å². The van der Waals surface area contributed by atoms with Gasteiger partial charge < -0.3 is 5.73 Å². The van der Waals surface area contributed by atoms with Gasteiger partial charge in [0, 0.05) is 6.04 Å². The predicted octanol–water partition coefficient (Wildman–Crippen LogP) is 1.25. The minimum Gasteiger partial charge on any atom is -0.324 e. The lowest BCUT2D eigenvalue weighted by Gasteiger charge is -2.08. The van der Waals surface area contributed by atoms with Crippen molar-refractivity contribution in [1.29, 1.82) is 0 Å². The Morgan fingerprint density at radius 2 is 1.82 bits per heavy atom. The van der Waals surface area contributed by atoms with E-state index in [0.717, 1.165) is 5.56 Å². The number of halogens is 2. The van der Waals surface area contributed by atoms with Crippen LogP contribution in [0, 0.1) is 0 Å². The molecular weight excluding hydrogens is 250 g/mol. The molecular formula is C10H14F2N2O2S. The number of rotatable bonds is 5. The molecule has 0 heterocycles. The number of nitrogens with one attached hydrogen (secondary N) is 1. The molecule has 96 valence electrons. The topological polar surface area (TPSA) is 72.2 Å². The number of hydrogen-bond acceptors (Lipinski definition) is 3. The Morgan fingerprint density at radius 1 is 1.29 bits per heavy atom. The molecule has 1 aromatic rings. The number of nitrogens with two attached hydrogens (primary N) is 1. The molecule has 3 N–H and O–H groups in total. The highest BCUT2D eigenvalue weighted by Gasteiger charge is 2.16. The monoisotopic (exact) mass is 264 g/mol. The molecule has 0 radical (unpaired) electrons. The van der Waals surface area contributed by atoms with Crippen molar-refractivity contribution in [1.82, 2.24) is 4.72 Å². The first-order valence-corrected chi connectivity index (χ1v) is 6.44. The van der Waals surface area contributed by atoms with Crippen molar-refractivity contribution in [3.05, 3.63) is 29.8 Å². The maximum Gasteiger partial charge on any atom is 0.251 e. The smallest absolute Gasteiger partial charge is 0.251 e. The van der Waals surface area contributed by atoms with Crippen LogP contribution in [0.2, 0.25) is 0 Å². The summed E-state index contributed by atoms with van der Waals surface area (Å²) >= 11 is 0. The summed E-state index contributed by atoms with van der Waals surface area (Å²) in [4.78, 5) is -0.0532. The molecule has 0 amide bonds. The first-order chi connectivity index (χ1) is 7.83. The van der Waals surface area contributed by atoms with Crippen LogP contribution in [0.4, 0.5) is 8.78 Å². The Hall–Kier alpha value is -1.05. The van der Waals surface area contributed by atoms with E-state index in [1.54, 1.807) is 19.1 Å². The zero-order valence-electron chi connectivity index (χ0n) is 9.23. The van der Waals surface area contributed by atoms with Gasteiger partial charge in [0.25, 0.3) is 6.43 Å². The van der Waals surface area contributed by atoms with Gasteiger partial charge in [0.15, 0.2) is 0 Å². The first-order valence-electron chi connectivity index (χ1n) is 4.96. The zero-order valence-corrected chi connectivity index (χ0v) is 10.0. The van der Waals surface area contributed by atoms with Gasteiger partial charge in [0.1, 0.15) is 0 Å². The average molecular weight is 264 g/mol. The SMILES string of the molecule is CC(N)c1ccc(S(=O)(=O)NCC(F)F)cc1. The molecule has 1 rings (SSSR count). The van der Waals surface area contributed by atoms with Crippen LogP contribution in [-0.4, -0.2) is 21.4 Å². The highest BCUT2D eigenvalue weighted by molar-refractivity contribution is 7.89. The fourth-order valence-corrected chi connectivity index (χ4v) is 2.21. The Morgan fingerprint density at radius 3 is 2.24 bits per heavy atom. The van der Waals surface area contributed by atoms with Crippen molar-refractivity contribution in [2.75, 3.05) is 6.54 Å². The van der Waals surface area contributed by atoms with Gasteiger partial charge in [0.2, 0.25) is 10.0 Å². The van der Waals surface area contributed by atoms with E-state index in [0.29, 0.717) is 0 Å². The molecule has 0 saturated carbocycles. The van der Waals surface area contributed by atoms with Crippen molar-refractivity contribution in [2.24, 2.45) is 5.73 Å². The van der Waals surface area contributed by atoms with Crippen LogP contribution in [0.15, 0.2) is 29.2 Å². The summed E-state index contributed by atoms with van der Waals surface area (Å²) < 4.78 is 48.7. The minimum atomic E-state index is -3.87. The normalized spacial score (nSPS) is 13.9. The van der Waals surface area contributed by atoms with E-state index < -0.39 is 23.0 Å². The molecule has 17 heavy (non-hydrogen) atoms. The van der Waals surface area contributed by atoms with E-state index in [2.05, 4.69) is 0 Å². The summed E-state index contributed by atoms with van der Waals surface area (Å²) in [5, 5.41) is 0. The Kier molecular flexibility index (Phi) is 4.55. The lowest BCUT2D eigenvalue weighted by molar-refractivity contribution is 0.153. The van der Waals surface area contributed by atoms with Crippen LogP contribution in [-0.2, 0) is 10.0 Å². The Bertz CT molecular complexity index is 458. The quantitative estimate of drug-likeness (QED) is 0.840. The van der Waals surface area contributed by atoms with Gasteiger partial charge in [-0.15, -0.1) is 0 Å². The van der Waals surface area contributed by atoms with Crippen LogP contribution >= 0.6 is 0 Å². The summed E-state index contributed by atoms with van der Waals surface area (Å²) in [6, 6.07) is 5.59. The predicted molar refractivity (Wildman–Crippen MR) is 60.2 cm³/mol. The van der Waals surface area contributed by atoms with Crippen molar-refractivity contribution < 1.29 is 17.2 Å². The number of alkyl halides is 2. The van der Waals surface area contributed by atoms with E-state index in [4.69, 9.17) is 5.73 Å². The summed E-state index contributed by atoms with van der Waals surface area (Å²) in [5.74, 6) is 0. The molecule has 4 nitrogen and oxygen atoms in total. The second kappa shape index (κ2) is 5.52. The maximum atomic E-state index is 11.9. The third-order valence-corrected chi connectivity index (χ3v) is 3.58. The Labute approximate surface area is 98.9 Å². The van der Waals surface area contributed by atoms with Crippen LogP contribution in [0.25, 0.3) is 0 Å². The van der Waals surface area contributed by atoms with Crippen LogP contribution in [0.3, 0.4) is 0 Å². The molecule has 0 aliphatic heterocycles. The molecule has 0 aliphatic carbocycles. The minimum absolute atomic E-state index is 0.0532. The third-order valence-electron chi connectivity index (χ3n) is 2.14. The molecule has 1 atom stereocenters. The molecule has 1 unspecified atom stereocenters. The van der Waals surface area contributed by atoms with Crippen LogP contribution in [0.1, 0.15) is 18.5 Å². The van der Waals surface area contributed by atoms with Gasteiger partial charge in [-0.3, -0.25) is 0 Å². The summed E-state index contributed by atoms with van der Waals surface area (Å²) in [7, 11) is -3.87. The van der Waals surface area contributed by atoms with E-state index >= 15 is 0 Å². The number of hydrogen-bond donors (Lipinski definition) is 2. The van der Waals surface area contributed by atoms with E-state index in [9.17, 15) is 17.2 Å². The van der Waals surface area contributed by atoms with Gasteiger partial charge in [-0.1, -0.05) is 12.1 Å². The lowest BCUT2D eigenvalue weighted by atomic mass is 10.1. The van der Waals surface area contributed by atoms with Crippen molar-refractivity contribution in [3.63, 3.8) is 0 Å². The van der Waals surface area contributed by atoms with E-state index in [1.165, 1.54) is 12.1 Å². The maximum absolute atomic E-state index is 11.9. The summed E-state index contributed by atoms with van der Waals surface area (Å²) in [6.07, 6.45) is -2.71. The standard InChI is InChI=1S/C10H14F2N2O2S/c1-7(13)8-2-4-9(5-3-8)17(15,16)14-6-10(11)12/h2-5,7,10,14H,6,13H2,1H3. The van der Waals surface area contributed by atoms with Gasteiger partial charge in [-0.25, -0.2) is 21.9 Å². The summed E-state index contributed by atoms with van der Waals surface area (Å²) in [6.45, 7) is 0.871. The van der Waals surface area contributed by atoms with Crippen molar-refractivity contribution >= 4 is 10.0 Å². The van der Waals surface area contributed by atoms with Crippen molar-refractivity contribution in [2.45, 2.75) is 24.3 Å². The molecule has 0 fully saturated rings. The molecule has 0 saturated heterocycles.